The van der Waals surface area contributed by atoms with Crippen molar-refractivity contribution >= 4 is 29.4 Å². The van der Waals surface area contributed by atoms with Crippen LogP contribution < -0.4 is 10.6 Å². The predicted molar refractivity (Wildman–Crippen MR) is 118 cm³/mol. The summed E-state index contributed by atoms with van der Waals surface area (Å²) in [5.74, 6) is 0.873. The van der Waals surface area contributed by atoms with Gasteiger partial charge in [0.05, 0.1) is 11.2 Å². The van der Waals surface area contributed by atoms with Crippen molar-refractivity contribution in [1.29, 1.82) is 0 Å². The molecule has 0 radical (unpaired) electrons. The number of hydrogen-bond acceptors (Lipinski definition) is 4. The normalized spacial score (nSPS) is 25.5. The molecule has 31 heavy (non-hydrogen) atoms. The Hall–Kier alpha value is -2.61. The summed E-state index contributed by atoms with van der Waals surface area (Å²) in [6, 6.07) is 1.84. The first-order valence-electron chi connectivity index (χ1n) is 10.8. The summed E-state index contributed by atoms with van der Waals surface area (Å²) < 4.78 is 2.03. The van der Waals surface area contributed by atoms with Crippen LogP contribution in [0.2, 0.25) is 5.02 Å². The van der Waals surface area contributed by atoms with E-state index < -0.39 is 0 Å². The van der Waals surface area contributed by atoms with Gasteiger partial charge >= 0.3 is 6.03 Å². The van der Waals surface area contributed by atoms with Crippen LogP contribution in [0.15, 0.2) is 18.5 Å². The standard InChI is InChI=1S/C22H27ClN6O2/c1-12(30)28-10-13-4-14(28)5-18(13)26-21(31)27-20-6-15(17(23)9-24-20)16-8-25-29-11-22(2,3)7-19(16)29/h6,8-9,13-14,18H,4-5,7,10-11H2,1-3H3,(H2,24,26,27,31)/t13-,14-,18+/m1/s1. The van der Waals surface area contributed by atoms with Crippen molar-refractivity contribution in [2.45, 2.75) is 58.7 Å². The van der Waals surface area contributed by atoms with Gasteiger partial charge in [0.1, 0.15) is 5.82 Å². The molecule has 2 N–H and O–H groups in total. The average Bonchev–Trinajstić information content (AvgIpc) is 3.42. The Labute approximate surface area is 186 Å². The molecule has 1 aliphatic carbocycles. The van der Waals surface area contributed by atoms with Gasteiger partial charge in [-0.2, -0.15) is 5.10 Å². The molecule has 2 aliphatic heterocycles. The Morgan fingerprint density at radius 3 is 2.74 bits per heavy atom. The molecule has 0 unspecified atom stereocenters. The lowest BCUT2D eigenvalue weighted by atomic mass is 9.89. The number of carbonyl (C=O) groups is 2. The van der Waals surface area contributed by atoms with Crippen LogP contribution in [0.25, 0.3) is 11.1 Å². The van der Waals surface area contributed by atoms with Crippen molar-refractivity contribution in [2.75, 3.05) is 11.9 Å². The lowest BCUT2D eigenvalue weighted by Crippen LogP contribution is -2.48. The maximum atomic E-state index is 12.6. The van der Waals surface area contributed by atoms with E-state index in [9.17, 15) is 9.59 Å². The van der Waals surface area contributed by atoms with Gasteiger partial charge < -0.3 is 10.2 Å². The molecular weight excluding hydrogens is 416 g/mol. The van der Waals surface area contributed by atoms with Crippen LogP contribution in [-0.2, 0) is 17.8 Å². The summed E-state index contributed by atoms with van der Waals surface area (Å²) in [5.41, 5.74) is 3.13. The molecule has 3 aliphatic rings. The molecule has 2 bridgehead atoms. The molecule has 8 nitrogen and oxygen atoms in total. The summed E-state index contributed by atoms with van der Waals surface area (Å²) in [5, 5.41) is 11.0. The highest BCUT2D eigenvalue weighted by Gasteiger charge is 2.46. The van der Waals surface area contributed by atoms with E-state index in [4.69, 9.17) is 11.6 Å². The molecular formula is C22H27ClN6O2. The number of amides is 3. The molecule has 2 fully saturated rings. The van der Waals surface area contributed by atoms with Crippen molar-refractivity contribution in [3.05, 3.63) is 29.2 Å². The third kappa shape index (κ3) is 3.67. The third-order valence-corrected chi connectivity index (χ3v) is 7.12. The summed E-state index contributed by atoms with van der Waals surface area (Å²) in [4.78, 5) is 30.5. The summed E-state index contributed by atoms with van der Waals surface area (Å²) in [6.45, 7) is 7.65. The van der Waals surface area contributed by atoms with Crippen LogP contribution >= 0.6 is 11.6 Å². The van der Waals surface area contributed by atoms with Gasteiger partial charge in [0.25, 0.3) is 0 Å². The van der Waals surface area contributed by atoms with Crippen molar-refractivity contribution in [3.63, 3.8) is 0 Å². The zero-order valence-electron chi connectivity index (χ0n) is 18.0. The van der Waals surface area contributed by atoms with E-state index in [0.29, 0.717) is 16.8 Å². The first kappa shape index (κ1) is 20.3. The Bertz CT molecular complexity index is 1060. The number of halogens is 1. The number of fused-ring (bicyclic) bond motifs is 3. The number of anilines is 1. The molecule has 0 spiro atoms. The van der Waals surface area contributed by atoms with Gasteiger partial charge in [0, 0.05) is 55.1 Å². The number of nitrogens with zero attached hydrogens (tertiary/aromatic N) is 4. The number of hydrogen-bond donors (Lipinski definition) is 2. The van der Waals surface area contributed by atoms with E-state index in [1.807, 2.05) is 21.8 Å². The molecule has 3 amide bonds. The third-order valence-electron chi connectivity index (χ3n) is 6.82. The second-order valence-corrected chi connectivity index (χ2v) is 10.2. The molecule has 164 valence electrons. The maximum Gasteiger partial charge on any atom is 0.320 e. The van der Waals surface area contributed by atoms with Crippen molar-refractivity contribution in [1.82, 2.24) is 25.0 Å². The van der Waals surface area contributed by atoms with Gasteiger partial charge in [-0.15, -0.1) is 0 Å². The van der Waals surface area contributed by atoms with Gasteiger partial charge in [0.15, 0.2) is 0 Å². The molecule has 1 saturated carbocycles. The first-order valence-corrected chi connectivity index (χ1v) is 11.1. The van der Waals surface area contributed by atoms with E-state index in [-0.39, 0.29) is 29.4 Å². The van der Waals surface area contributed by atoms with Crippen LogP contribution in [-0.4, -0.2) is 50.2 Å². The highest BCUT2D eigenvalue weighted by molar-refractivity contribution is 6.33. The van der Waals surface area contributed by atoms with E-state index >= 15 is 0 Å². The number of piperidine rings is 1. The molecule has 9 heteroatoms. The molecule has 1 saturated heterocycles. The van der Waals surface area contributed by atoms with Crippen molar-refractivity contribution < 1.29 is 9.59 Å². The number of aromatic nitrogens is 3. The number of pyridine rings is 1. The predicted octanol–water partition coefficient (Wildman–Crippen LogP) is 3.31. The molecule has 3 atom stereocenters. The molecule has 4 heterocycles. The average molecular weight is 443 g/mol. The number of carbonyl (C=O) groups excluding carboxylic acids is 2. The SMILES string of the molecule is CC(=O)N1C[C@H]2C[C@@H]1C[C@@H]2NC(=O)Nc1cc(-c2cnn3c2CC(C)(C)C3)c(Cl)cn1. The van der Waals surface area contributed by atoms with Gasteiger partial charge in [-0.1, -0.05) is 25.4 Å². The van der Waals surface area contributed by atoms with Crippen molar-refractivity contribution in [2.24, 2.45) is 11.3 Å². The van der Waals surface area contributed by atoms with Crippen LogP contribution in [0.3, 0.4) is 0 Å². The summed E-state index contributed by atoms with van der Waals surface area (Å²) in [7, 11) is 0. The van der Waals surface area contributed by atoms with Gasteiger partial charge in [-0.3, -0.25) is 14.8 Å². The number of likely N-dealkylation sites (tertiary alicyclic amines) is 1. The fraction of sp³-hybridized carbons (Fsp3) is 0.545. The Kier molecular flexibility index (Phi) is 4.73. The highest BCUT2D eigenvalue weighted by Crippen LogP contribution is 2.40. The summed E-state index contributed by atoms with van der Waals surface area (Å²) >= 11 is 6.46. The minimum absolute atomic E-state index is 0.0774. The van der Waals surface area contributed by atoms with Gasteiger partial charge in [-0.05, 0) is 36.7 Å². The second kappa shape index (κ2) is 7.22. The summed E-state index contributed by atoms with van der Waals surface area (Å²) in [6.07, 6.45) is 6.09. The molecule has 0 aromatic carbocycles. The monoisotopic (exact) mass is 442 g/mol. The Balaban J connectivity index is 1.28. The maximum absolute atomic E-state index is 12.6. The minimum Gasteiger partial charge on any atom is -0.340 e. The lowest BCUT2D eigenvalue weighted by molar-refractivity contribution is -0.130. The Morgan fingerprint density at radius 2 is 2.03 bits per heavy atom. The van der Waals surface area contributed by atoms with Gasteiger partial charge in [-0.25, -0.2) is 9.78 Å². The van der Waals surface area contributed by atoms with Crippen LogP contribution in [0.1, 0.15) is 39.3 Å². The largest absolute Gasteiger partial charge is 0.340 e. The van der Waals surface area contributed by atoms with Crippen molar-refractivity contribution in [3.8, 4) is 11.1 Å². The number of nitrogens with one attached hydrogen (secondary N) is 2. The van der Waals surface area contributed by atoms with E-state index in [1.54, 1.807) is 13.1 Å². The molecule has 5 rings (SSSR count). The van der Waals surface area contributed by atoms with Crippen LogP contribution in [0.5, 0.6) is 0 Å². The zero-order valence-corrected chi connectivity index (χ0v) is 18.7. The number of urea groups is 1. The minimum atomic E-state index is -0.283. The topological polar surface area (TPSA) is 92.2 Å². The van der Waals surface area contributed by atoms with E-state index in [0.717, 1.165) is 49.2 Å². The fourth-order valence-corrected chi connectivity index (χ4v) is 5.63. The van der Waals surface area contributed by atoms with E-state index in [1.165, 1.54) is 0 Å². The second-order valence-electron chi connectivity index (χ2n) is 9.81. The van der Waals surface area contributed by atoms with Crippen LogP contribution in [0.4, 0.5) is 10.6 Å². The first-order chi connectivity index (χ1) is 14.7. The molecule has 2 aromatic rings. The highest BCUT2D eigenvalue weighted by atomic mass is 35.5. The van der Waals surface area contributed by atoms with Gasteiger partial charge in [0.2, 0.25) is 5.91 Å². The Morgan fingerprint density at radius 1 is 1.23 bits per heavy atom. The zero-order chi connectivity index (χ0) is 21.9. The fourth-order valence-electron chi connectivity index (χ4n) is 5.42. The molecule has 2 aromatic heterocycles. The quantitative estimate of drug-likeness (QED) is 0.762. The van der Waals surface area contributed by atoms with E-state index in [2.05, 4.69) is 34.6 Å². The van der Waals surface area contributed by atoms with Crippen LogP contribution in [0, 0.1) is 11.3 Å². The smallest absolute Gasteiger partial charge is 0.320 e. The number of rotatable bonds is 3. The lowest BCUT2D eigenvalue weighted by Gasteiger charge is -2.31.